The summed E-state index contributed by atoms with van der Waals surface area (Å²) in [5.74, 6) is 0. The third kappa shape index (κ3) is 3.80. The zero-order valence-electron chi connectivity index (χ0n) is 10.2. The van der Waals surface area contributed by atoms with Crippen LogP contribution in [0.25, 0.3) is 0 Å². The average Bonchev–Trinajstić information content (AvgIpc) is 2.44. The van der Waals surface area contributed by atoms with E-state index in [0.29, 0.717) is 6.04 Å². The molecule has 1 atom stereocenters. The predicted molar refractivity (Wildman–Crippen MR) is 69.6 cm³/mol. The Kier molecular flexibility index (Phi) is 4.55. The number of hydrogen-bond donors (Lipinski definition) is 1. The van der Waals surface area contributed by atoms with Crippen LogP contribution in [-0.4, -0.2) is 6.54 Å². The zero-order chi connectivity index (χ0) is 11.4. The van der Waals surface area contributed by atoms with Crippen LogP contribution in [-0.2, 0) is 0 Å². The Bertz CT molecular complexity index is 338. The van der Waals surface area contributed by atoms with Crippen molar-refractivity contribution in [2.75, 3.05) is 6.54 Å². The second-order valence-electron chi connectivity index (χ2n) is 4.25. The minimum atomic E-state index is 0.453. The summed E-state index contributed by atoms with van der Waals surface area (Å²) in [4.78, 5) is 2.83. The lowest BCUT2D eigenvalue weighted by Crippen LogP contribution is -2.20. The van der Waals surface area contributed by atoms with Crippen molar-refractivity contribution in [2.24, 2.45) is 0 Å². The lowest BCUT2D eigenvalue weighted by Gasteiger charge is -2.13. The summed E-state index contributed by atoms with van der Waals surface area (Å²) in [6, 6.07) is 2.74. The molecule has 0 aliphatic heterocycles. The lowest BCUT2D eigenvalue weighted by atomic mass is 10.1. The first-order valence-corrected chi connectivity index (χ1v) is 6.27. The molecule has 0 saturated heterocycles. The van der Waals surface area contributed by atoms with Gasteiger partial charge in [0, 0.05) is 15.8 Å². The van der Waals surface area contributed by atoms with Gasteiger partial charge in [-0.3, -0.25) is 0 Å². The Morgan fingerprint density at radius 3 is 2.67 bits per heavy atom. The van der Waals surface area contributed by atoms with E-state index < -0.39 is 0 Å². The Balaban J connectivity index is 2.50. The molecule has 0 aliphatic carbocycles. The third-order valence-corrected chi connectivity index (χ3v) is 3.53. The minimum Gasteiger partial charge on any atom is -0.310 e. The zero-order valence-corrected chi connectivity index (χ0v) is 11.0. The van der Waals surface area contributed by atoms with E-state index in [9.17, 15) is 0 Å². The van der Waals surface area contributed by atoms with Crippen LogP contribution in [0.4, 0.5) is 0 Å². The summed E-state index contributed by atoms with van der Waals surface area (Å²) < 4.78 is 0. The van der Waals surface area contributed by atoms with Crippen LogP contribution in [0.5, 0.6) is 0 Å². The van der Waals surface area contributed by atoms with Gasteiger partial charge in [-0.25, -0.2) is 0 Å². The monoisotopic (exact) mass is 223 g/mol. The maximum atomic E-state index is 3.91. The topological polar surface area (TPSA) is 12.0 Å². The largest absolute Gasteiger partial charge is 0.310 e. The Hall–Kier alpha value is -0.600. The number of nitrogens with one attached hydrogen (secondary N) is 1. The highest BCUT2D eigenvalue weighted by molar-refractivity contribution is 7.12. The summed E-state index contributed by atoms with van der Waals surface area (Å²) >= 11 is 1.88. The smallest absolute Gasteiger partial charge is 0.0302 e. The van der Waals surface area contributed by atoms with Gasteiger partial charge in [0.05, 0.1) is 0 Å². The van der Waals surface area contributed by atoms with Gasteiger partial charge in [0.15, 0.2) is 0 Å². The van der Waals surface area contributed by atoms with E-state index in [0.717, 1.165) is 13.0 Å². The molecule has 2 heteroatoms. The molecule has 0 amide bonds. The first-order chi connectivity index (χ1) is 7.00. The van der Waals surface area contributed by atoms with E-state index in [2.05, 4.69) is 45.7 Å². The molecule has 1 aromatic rings. The molecule has 15 heavy (non-hydrogen) atoms. The average molecular weight is 223 g/mol. The van der Waals surface area contributed by atoms with Gasteiger partial charge in [0.1, 0.15) is 0 Å². The van der Waals surface area contributed by atoms with Crippen LogP contribution in [0.2, 0.25) is 0 Å². The van der Waals surface area contributed by atoms with Gasteiger partial charge in [-0.2, -0.15) is 0 Å². The second kappa shape index (κ2) is 5.47. The summed E-state index contributed by atoms with van der Waals surface area (Å²) in [7, 11) is 0. The molecular weight excluding hydrogens is 202 g/mol. The van der Waals surface area contributed by atoms with Crippen molar-refractivity contribution < 1.29 is 0 Å². The molecule has 1 unspecified atom stereocenters. The maximum absolute atomic E-state index is 3.91. The maximum Gasteiger partial charge on any atom is 0.0302 e. The van der Waals surface area contributed by atoms with Crippen molar-refractivity contribution in [3.8, 4) is 0 Å². The number of thiophene rings is 1. The van der Waals surface area contributed by atoms with Crippen molar-refractivity contribution in [1.29, 1.82) is 0 Å². The lowest BCUT2D eigenvalue weighted by molar-refractivity contribution is 0.575. The molecule has 0 spiro atoms. The van der Waals surface area contributed by atoms with Gasteiger partial charge in [-0.05, 0) is 52.3 Å². The van der Waals surface area contributed by atoms with Gasteiger partial charge in [0.2, 0.25) is 0 Å². The van der Waals surface area contributed by atoms with Crippen LogP contribution < -0.4 is 5.32 Å². The van der Waals surface area contributed by atoms with Crippen molar-refractivity contribution in [2.45, 2.75) is 40.2 Å². The first kappa shape index (κ1) is 12.5. The van der Waals surface area contributed by atoms with E-state index >= 15 is 0 Å². The molecule has 1 nitrogen and oxygen atoms in total. The van der Waals surface area contributed by atoms with Crippen LogP contribution >= 0.6 is 11.3 Å². The van der Waals surface area contributed by atoms with E-state index in [1.54, 1.807) is 0 Å². The number of aryl methyl sites for hydroxylation is 2. The van der Waals surface area contributed by atoms with Crippen LogP contribution in [0, 0.1) is 13.8 Å². The molecule has 0 fully saturated rings. The SMILES string of the molecule is C=C(C)CCNC(C)c1cc(C)sc1C. The molecular formula is C13H21NS. The number of hydrogen-bond acceptors (Lipinski definition) is 2. The quantitative estimate of drug-likeness (QED) is 0.744. The van der Waals surface area contributed by atoms with E-state index in [-0.39, 0.29) is 0 Å². The molecule has 1 N–H and O–H groups in total. The van der Waals surface area contributed by atoms with Crippen LogP contribution in [0.15, 0.2) is 18.2 Å². The Morgan fingerprint density at radius 1 is 1.53 bits per heavy atom. The second-order valence-corrected chi connectivity index (χ2v) is 5.71. The van der Waals surface area contributed by atoms with Crippen molar-refractivity contribution >= 4 is 11.3 Å². The fraction of sp³-hybridized carbons (Fsp3) is 0.538. The Labute approximate surface area is 97.2 Å². The van der Waals surface area contributed by atoms with Crippen molar-refractivity contribution in [3.63, 3.8) is 0 Å². The predicted octanol–water partition coefficient (Wildman–Crippen LogP) is 3.98. The van der Waals surface area contributed by atoms with Crippen LogP contribution in [0.3, 0.4) is 0 Å². The molecule has 1 rings (SSSR count). The normalized spacial score (nSPS) is 12.8. The van der Waals surface area contributed by atoms with Gasteiger partial charge in [0.25, 0.3) is 0 Å². The third-order valence-electron chi connectivity index (χ3n) is 2.55. The molecule has 0 radical (unpaired) electrons. The van der Waals surface area contributed by atoms with E-state index in [1.165, 1.54) is 20.9 Å². The fourth-order valence-corrected chi connectivity index (χ4v) is 2.71. The van der Waals surface area contributed by atoms with Gasteiger partial charge in [-0.15, -0.1) is 17.9 Å². The molecule has 84 valence electrons. The molecule has 1 heterocycles. The van der Waals surface area contributed by atoms with Gasteiger partial charge >= 0.3 is 0 Å². The first-order valence-electron chi connectivity index (χ1n) is 5.45. The van der Waals surface area contributed by atoms with Gasteiger partial charge < -0.3 is 5.32 Å². The summed E-state index contributed by atoms with van der Waals surface area (Å²) in [6.45, 7) is 13.6. The summed E-state index contributed by atoms with van der Waals surface area (Å²) in [5.41, 5.74) is 2.69. The molecule has 0 saturated carbocycles. The number of rotatable bonds is 5. The molecule has 0 aliphatic rings. The summed E-state index contributed by atoms with van der Waals surface area (Å²) in [5, 5.41) is 3.53. The summed E-state index contributed by atoms with van der Waals surface area (Å²) in [6.07, 6.45) is 1.06. The molecule has 0 aromatic carbocycles. The fourth-order valence-electron chi connectivity index (χ4n) is 1.69. The highest BCUT2D eigenvalue weighted by atomic mass is 32.1. The standard InChI is InChI=1S/C13H21NS/c1-9(2)6-7-14-11(4)13-8-10(3)15-12(13)5/h8,11,14H,1,6-7H2,2-5H3. The van der Waals surface area contributed by atoms with Crippen molar-refractivity contribution in [3.05, 3.63) is 33.5 Å². The van der Waals surface area contributed by atoms with Gasteiger partial charge in [-0.1, -0.05) is 5.57 Å². The highest BCUT2D eigenvalue weighted by Gasteiger charge is 2.09. The van der Waals surface area contributed by atoms with Crippen LogP contribution in [0.1, 0.15) is 41.6 Å². The molecule has 0 bridgehead atoms. The van der Waals surface area contributed by atoms with Crippen molar-refractivity contribution in [1.82, 2.24) is 5.32 Å². The van der Waals surface area contributed by atoms with E-state index in [1.807, 2.05) is 11.3 Å². The van der Waals surface area contributed by atoms with E-state index in [4.69, 9.17) is 0 Å². The highest BCUT2D eigenvalue weighted by Crippen LogP contribution is 2.25. The minimum absolute atomic E-state index is 0.453. The molecule has 1 aromatic heterocycles. The Morgan fingerprint density at radius 2 is 2.20 bits per heavy atom.